The van der Waals surface area contributed by atoms with Crippen LogP contribution in [0.15, 0.2) is 18.3 Å². The standard InChI is InChI=1S/C16H26N4O/c1-4-8-17-14(5-2)15-7-6-13(11-18-15)20-10-9-19(3)16(21)12-20/h6-7,11,14,17H,4-5,8-10,12H2,1-3H3. The average Bonchev–Trinajstić information content (AvgIpc) is 2.51. The highest BCUT2D eigenvalue weighted by molar-refractivity contribution is 5.82. The van der Waals surface area contributed by atoms with Crippen LogP contribution in [0, 0.1) is 0 Å². The molecule has 1 fully saturated rings. The van der Waals surface area contributed by atoms with Crippen molar-refractivity contribution in [2.75, 3.05) is 38.1 Å². The molecule has 1 aliphatic rings. The van der Waals surface area contributed by atoms with Crippen molar-refractivity contribution in [3.63, 3.8) is 0 Å². The minimum Gasteiger partial charge on any atom is -0.359 e. The van der Waals surface area contributed by atoms with E-state index in [1.807, 2.05) is 13.2 Å². The molecule has 1 unspecified atom stereocenters. The molecule has 2 rings (SSSR count). The van der Waals surface area contributed by atoms with Gasteiger partial charge in [-0.3, -0.25) is 9.78 Å². The molecule has 5 nitrogen and oxygen atoms in total. The summed E-state index contributed by atoms with van der Waals surface area (Å²) in [5.74, 6) is 0.168. The number of carbonyl (C=O) groups excluding carboxylic acids is 1. The van der Waals surface area contributed by atoms with E-state index in [0.717, 1.165) is 43.9 Å². The molecule has 0 radical (unpaired) electrons. The quantitative estimate of drug-likeness (QED) is 0.868. The van der Waals surface area contributed by atoms with E-state index in [-0.39, 0.29) is 5.91 Å². The summed E-state index contributed by atoms with van der Waals surface area (Å²) in [6.45, 7) is 7.44. The second-order valence-electron chi connectivity index (χ2n) is 5.59. The lowest BCUT2D eigenvalue weighted by Crippen LogP contribution is -2.48. The lowest BCUT2D eigenvalue weighted by molar-refractivity contribution is -0.129. The molecular formula is C16H26N4O. The molecule has 1 aliphatic heterocycles. The van der Waals surface area contributed by atoms with E-state index in [9.17, 15) is 4.79 Å². The maximum atomic E-state index is 11.8. The van der Waals surface area contributed by atoms with Gasteiger partial charge in [-0.1, -0.05) is 13.8 Å². The predicted molar refractivity (Wildman–Crippen MR) is 85.4 cm³/mol. The van der Waals surface area contributed by atoms with Gasteiger partial charge in [0.25, 0.3) is 0 Å². The van der Waals surface area contributed by atoms with Crippen LogP contribution in [0.5, 0.6) is 0 Å². The first-order chi connectivity index (χ1) is 10.2. The summed E-state index contributed by atoms with van der Waals surface area (Å²) in [7, 11) is 1.85. The van der Waals surface area contributed by atoms with E-state index < -0.39 is 0 Å². The van der Waals surface area contributed by atoms with Crippen molar-refractivity contribution in [2.45, 2.75) is 32.7 Å². The fourth-order valence-electron chi connectivity index (χ4n) is 2.55. The lowest BCUT2D eigenvalue weighted by Gasteiger charge is -2.33. The molecule has 5 heteroatoms. The van der Waals surface area contributed by atoms with Crippen LogP contribution >= 0.6 is 0 Å². The molecule has 1 amide bonds. The number of hydrogen-bond donors (Lipinski definition) is 1. The summed E-state index contributed by atoms with van der Waals surface area (Å²) in [5, 5.41) is 3.51. The smallest absolute Gasteiger partial charge is 0.241 e. The molecule has 1 aromatic heterocycles. The minimum atomic E-state index is 0.168. The highest BCUT2D eigenvalue weighted by Gasteiger charge is 2.21. The van der Waals surface area contributed by atoms with Crippen molar-refractivity contribution < 1.29 is 4.79 Å². The Morgan fingerprint density at radius 2 is 2.14 bits per heavy atom. The van der Waals surface area contributed by atoms with Crippen LogP contribution in [-0.4, -0.2) is 49.0 Å². The van der Waals surface area contributed by atoms with Crippen molar-refractivity contribution in [3.8, 4) is 0 Å². The number of nitrogens with one attached hydrogen (secondary N) is 1. The summed E-state index contributed by atoms with van der Waals surface area (Å²) in [6.07, 6.45) is 4.04. The first-order valence-corrected chi connectivity index (χ1v) is 7.84. The molecule has 0 bridgehead atoms. The van der Waals surface area contributed by atoms with Crippen molar-refractivity contribution in [1.29, 1.82) is 0 Å². The average molecular weight is 290 g/mol. The third-order valence-corrected chi connectivity index (χ3v) is 4.00. The number of piperazine rings is 1. The first-order valence-electron chi connectivity index (χ1n) is 7.84. The van der Waals surface area contributed by atoms with Gasteiger partial charge in [-0.2, -0.15) is 0 Å². The van der Waals surface area contributed by atoms with Gasteiger partial charge >= 0.3 is 0 Å². The van der Waals surface area contributed by atoms with E-state index in [1.54, 1.807) is 4.90 Å². The molecule has 1 N–H and O–H groups in total. The number of pyridine rings is 1. The SMILES string of the molecule is CCCNC(CC)c1ccc(N2CCN(C)C(=O)C2)cn1. The largest absolute Gasteiger partial charge is 0.359 e. The number of anilines is 1. The lowest BCUT2D eigenvalue weighted by atomic mass is 10.1. The molecule has 0 aromatic carbocycles. The van der Waals surface area contributed by atoms with Gasteiger partial charge in [-0.15, -0.1) is 0 Å². The predicted octanol–water partition coefficient (Wildman–Crippen LogP) is 1.81. The maximum absolute atomic E-state index is 11.8. The second-order valence-corrected chi connectivity index (χ2v) is 5.59. The van der Waals surface area contributed by atoms with Crippen molar-refractivity contribution in [3.05, 3.63) is 24.0 Å². The van der Waals surface area contributed by atoms with Gasteiger partial charge in [0.15, 0.2) is 0 Å². The Balaban J connectivity index is 2.02. The summed E-state index contributed by atoms with van der Waals surface area (Å²) >= 11 is 0. The number of amides is 1. The van der Waals surface area contributed by atoms with E-state index in [2.05, 4.69) is 41.2 Å². The Labute approximate surface area is 127 Å². The van der Waals surface area contributed by atoms with Gasteiger partial charge in [-0.25, -0.2) is 0 Å². The molecular weight excluding hydrogens is 264 g/mol. The van der Waals surface area contributed by atoms with Crippen LogP contribution in [-0.2, 0) is 4.79 Å². The fourth-order valence-corrected chi connectivity index (χ4v) is 2.55. The van der Waals surface area contributed by atoms with Gasteiger partial charge in [0.1, 0.15) is 0 Å². The van der Waals surface area contributed by atoms with E-state index in [4.69, 9.17) is 0 Å². The molecule has 0 spiro atoms. The molecule has 1 atom stereocenters. The number of rotatable bonds is 6. The molecule has 2 heterocycles. The molecule has 21 heavy (non-hydrogen) atoms. The van der Waals surface area contributed by atoms with E-state index in [1.165, 1.54) is 0 Å². The summed E-state index contributed by atoms with van der Waals surface area (Å²) in [4.78, 5) is 20.2. The highest BCUT2D eigenvalue weighted by atomic mass is 16.2. The summed E-state index contributed by atoms with van der Waals surface area (Å²) in [6, 6.07) is 4.47. The summed E-state index contributed by atoms with van der Waals surface area (Å²) in [5.41, 5.74) is 2.11. The third kappa shape index (κ3) is 3.94. The molecule has 1 aromatic rings. The zero-order valence-corrected chi connectivity index (χ0v) is 13.3. The van der Waals surface area contributed by atoms with Gasteiger partial charge in [-0.05, 0) is 31.5 Å². The van der Waals surface area contributed by atoms with Crippen LogP contribution in [0.4, 0.5) is 5.69 Å². The summed E-state index contributed by atoms with van der Waals surface area (Å²) < 4.78 is 0. The normalized spacial score (nSPS) is 17.2. The van der Waals surface area contributed by atoms with Crippen LogP contribution in [0.2, 0.25) is 0 Å². The van der Waals surface area contributed by atoms with E-state index in [0.29, 0.717) is 12.6 Å². The fraction of sp³-hybridized carbons (Fsp3) is 0.625. The van der Waals surface area contributed by atoms with Gasteiger partial charge in [0, 0.05) is 26.2 Å². The zero-order valence-electron chi connectivity index (χ0n) is 13.3. The maximum Gasteiger partial charge on any atom is 0.241 e. The van der Waals surface area contributed by atoms with Crippen molar-refractivity contribution in [2.24, 2.45) is 0 Å². The number of carbonyl (C=O) groups is 1. The van der Waals surface area contributed by atoms with Crippen LogP contribution < -0.4 is 10.2 Å². The van der Waals surface area contributed by atoms with Crippen LogP contribution in [0.1, 0.15) is 38.4 Å². The Kier molecular flexibility index (Phi) is 5.56. The Hall–Kier alpha value is -1.62. The monoisotopic (exact) mass is 290 g/mol. The molecule has 0 aliphatic carbocycles. The van der Waals surface area contributed by atoms with Gasteiger partial charge in [0.2, 0.25) is 5.91 Å². The zero-order chi connectivity index (χ0) is 15.2. The number of likely N-dealkylation sites (N-methyl/N-ethyl adjacent to an activating group) is 1. The van der Waals surface area contributed by atoms with E-state index >= 15 is 0 Å². The Morgan fingerprint density at radius 1 is 1.33 bits per heavy atom. The van der Waals surface area contributed by atoms with Crippen LogP contribution in [0.25, 0.3) is 0 Å². The van der Waals surface area contributed by atoms with Gasteiger partial charge in [0.05, 0.1) is 24.1 Å². The molecule has 1 saturated heterocycles. The van der Waals surface area contributed by atoms with Crippen molar-refractivity contribution >= 4 is 11.6 Å². The van der Waals surface area contributed by atoms with Gasteiger partial charge < -0.3 is 15.1 Å². The third-order valence-electron chi connectivity index (χ3n) is 4.00. The van der Waals surface area contributed by atoms with Crippen LogP contribution in [0.3, 0.4) is 0 Å². The van der Waals surface area contributed by atoms with Crippen molar-refractivity contribution in [1.82, 2.24) is 15.2 Å². The first kappa shape index (κ1) is 15.8. The number of hydrogen-bond acceptors (Lipinski definition) is 4. The second kappa shape index (κ2) is 7.41. The molecule has 0 saturated carbocycles. The Bertz CT molecular complexity index is 460. The highest BCUT2D eigenvalue weighted by Crippen LogP contribution is 2.19. The number of aromatic nitrogens is 1. The minimum absolute atomic E-state index is 0.168. The molecule has 116 valence electrons. The number of nitrogens with zero attached hydrogens (tertiary/aromatic N) is 3. The Morgan fingerprint density at radius 3 is 2.71 bits per heavy atom. The topological polar surface area (TPSA) is 48.5 Å².